The van der Waals surface area contributed by atoms with E-state index in [4.69, 9.17) is 9.47 Å². The van der Waals surface area contributed by atoms with Crippen LogP contribution < -0.4 is 14.8 Å². The number of hydrogen-bond donors (Lipinski definition) is 1. The minimum Gasteiger partial charge on any atom is -0.486 e. The first kappa shape index (κ1) is 10.9. The molecule has 0 unspecified atom stereocenters. The van der Waals surface area contributed by atoms with Crippen LogP contribution in [-0.4, -0.2) is 24.7 Å². The number of benzene rings is 1. The lowest BCUT2D eigenvalue weighted by atomic mass is 10.1. The van der Waals surface area contributed by atoms with Crippen LogP contribution in [0.25, 0.3) is 10.8 Å². The van der Waals surface area contributed by atoms with Crippen LogP contribution in [0, 0.1) is 0 Å². The molecule has 1 N–H and O–H groups in total. The smallest absolute Gasteiger partial charge is 0.162 e. The van der Waals surface area contributed by atoms with Crippen LogP contribution >= 0.6 is 0 Å². The van der Waals surface area contributed by atoms with Crippen molar-refractivity contribution in [3.63, 3.8) is 0 Å². The lowest BCUT2D eigenvalue weighted by Gasteiger charge is -2.19. The molecule has 4 nitrogen and oxygen atoms in total. The summed E-state index contributed by atoms with van der Waals surface area (Å²) in [4.78, 5) is 4.34. The topological polar surface area (TPSA) is 43.4 Å². The normalized spacial score (nSPS) is 13.3. The van der Waals surface area contributed by atoms with E-state index in [1.165, 1.54) is 0 Å². The molecule has 1 aliphatic heterocycles. The zero-order valence-corrected chi connectivity index (χ0v) is 9.98. The molecule has 92 valence electrons. The third kappa shape index (κ3) is 1.86. The molecule has 1 aromatic heterocycles. The highest BCUT2D eigenvalue weighted by molar-refractivity contribution is 5.94. The summed E-state index contributed by atoms with van der Waals surface area (Å²) < 4.78 is 11.2. The first-order valence-electron chi connectivity index (χ1n) is 5.91. The number of pyridine rings is 1. The van der Waals surface area contributed by atoms with Crippen molar-refractivity contribution in [2.24, 2.45) is 0 Å². The van der Waals surface area contributed by atoms with Gasteiger partial charge >= 0.3 is 0 Å². The van der Waals surface area contributed by atoms with E-state index in [-0.39, 0.29) is 0 Å². The van der Waals surface area contributed by atoms with Crippen molar-refractivity contribution < 1.29 is 9.47 Å². The lowest BCUT2D eigenvalue weighted by molar-refractivity contribution is 0.172. The number of ether oxygens (including phenoxy) is 2. The standard InChI is InChI=1S/C14H14N2O2/c1-2-4-15-14-11-9-13-12(17-6-7-18-13)8-10(11)3-5-16-14/h2-3,5,8-9H,1,4,6-7H2,(H,15,16). The third-order valence-corrected chi connectivity index (χ3v) is 2.84. The molecule has 0 bridgehead atoms. The number of nitrogens with one attached hydrogen (secondary N) is 1. The molecule has 2 aromatic rings. The van der Waals surface area contributed by atoms with E-state index in [1.807, 2.05) is 18.2 Å². The second-order valence-corrected chi connectivity index (χ2v) is 4.05. The van der Waals surface area contributed by atoms with Crippen molar-refractivity contribution in [1.29, 1.82) is 0 Å². The Morgan fingerprint density at radius 1 is 1.28 bits per heavy atom. The molecular weight excluding hydrogens is 228 g/mol. The first-order chi connectivity index (χ1) is 8.88. The maximum Gasteiger partial charge on any atom is 0.162 e. The number of fused-ring (bicyclic) bond motifs is 2. The summed E-state index contributed by atoms with van der Waals surface area (Å²) in [6.07, 6.45) is 3.59. The van der Waals surface area contributed by atoms with Gasteiger partial charge in [-0.15, -0.1) is 6.58 Å². The van der Waals surface area contributed by atoms with Gasteiger partial charge in [-0.2, -0.15) is 0 Å². The fourth-order valence-corrected chi connectivity index (χ4v) is 2.02. The summed E-state index contributed by atoms with van der Waals surface area (Å²) in [5.74, 6) is 2.42. The van der Waals surface area contributed by atoms with Crippen molar-refractivity contribution in [2.75, 3.05) is 25.1 Å². The summed E-state index contributed by atoms with van der Waals surface area (Å²) >= 11 is 0. The summed E-state index contributed by atoms with van der Waals surface area (Å²) in [6.45, 7) is 5.57. The Labute approximate surface area is 105 Å². The quantitative estimate of drug-likeness (QED) is 0.840. The molecule has 1 aromatic carbocycles. The van der Waals surface area contributed by atoms with Crippen LogP contribution in [0.3, 0.4) is 0 Å². The van der Waals surface area contributed by atoms with Gasteiger partial charge in [0.15, 0.2) is 11.5 Å². The van der Waals surface area contributed by atoms with Gasteiger partial charge < -0.3 is 14.8 Å². The summed E-state index contributed by atoms with van der Waals surface area (Å²) in [7, 11) is 0. The number of aromatic nitrogens is 1. The van der Waals surface area contributed by atoms with Gasteiger partial charge in [-0.25, -0.2) is 4.98 Å². The summed E-state index contributed by atoms with van der Waals surface area (Å²) in [5.41, 5.74) is 0. The Morgan fingerprint density at radius 3 is 2.83 bits per heavy atom. The Morgan fingerprint density at radius 2 is 2.06 bits per heavy atom. The van der Waals surface area contributed by atoms with Crippen molar-refractivity contribution in [2.45, 2.75) is 0 Å². The predicted molar refractivity (Wildman–Crippen MR) is 71.4 cm³/mol. The van der Waals surface area contributed by atoms with Crippen molar-refractivity contribution in [3.05, 3.63) is 37.1 Å². The van der Waals surface area contributed by atoms with Crippen LogP contribution in [0.5, 0.6) is 11.5 Å². The fraction of sp³-hybridized carbons (Fsp3) is 0.214. The third-order valence-electron chi connectivity index (χ3n) is 2.84. The molecule has 0 spiro atoms. The van der Waals surface area contributed by atoms with Crippen molar-refractivity contribution in [3.8, 4) is 11.5 Å². The van der Waals surface area contributed by atoms with E-state index in [0.717, 1.165) is 28.1 Å². The van der Waals surface area contributed by atoms with Crippen molar-refractivity contribution >= 4 is 16.6 Å². The van der Waals surface area contributed by atoms with Gasteiger partial charge in [0.1, 0.15) is 19.0 Å². The average Bonchev–Trinajstić information content (AvgIpc) is 2.43. The summed E-state index contributed by atoms with van der Waals surface area (Å²) in [6, 6.07) is 5.93. The van der Waals surface area contributed by atoms with Gasteiger partial charge in [-0.05, 0) is 23.6 Å². The van der Waals surface area contributed by atoms with Crippen molar-refractivity contribution in [1.82, 2.24) is 4.98 Å². The molecule has 18 heavy (non-hydrogen) atoms. The molecule has 0 saturated carbocycles. The molecule has 0 aliphatic carbocycles. The van der Waals surface area contributed by atoms with Crippen LogP contribution in [0.2, 0.25) is 0 Å². The number of rotatable bonds is 3. The minimum absolute atomic E-state index is 0.591. The Balaban J connectivity index is 2.11. The Hall–Kier alpha value is -2.23. The molecule has 0 radical (unpaired) electrons. The molecule has 0 amide bonds. The van der Waals surface area contributed by atoms with E-state index in [1.54, 1.807) is 12.3 Å². The van der Waals surface area contributed by atoms with Gasteiger partial charge in [0.25, 0.3) is 0 Å². The highest BCUT2D eigenvalue weighted by Crippen LogP contribution is 2.36. The largest absolute Gasteiger partial charge is 0.486 e. The number of nitrogens with zero attached hydrogens (tertiary/aromatic N) is 1. The maximum atomic E-state index is 5.59. The van der Waals surface area contributed by atoms with Gasteiger partial charge in [-0.3, -0.25) is 0 Å². The molecular formula is C14H14N2O2. The minimum atomic E-state index is 0.591. The first-order valence-corrected chi connectivity index (χ1v) is 5.91. The van der Waals surface area contributed by atoms with Gasteiger partial charge in [0.05, 0.1) is 0 Å². The van der Waals surface area contributed by atoms with Crippen LogP contribution in [-0.2, 0) is 0 Å². The highest BCUT2D eigenvalue weighted by Gasteiger charge is 2.14. The van der Waals surface area contributed by atoms with E-state index in [2.05, 4.69) is 16.9 Å². The zero-order valence-electron chi connectivity index (χ0n) is 9.98. The van der Waals surface area contributed by atoms with E-state index in [9.17, 15) is 0 Å². The second kappa shape index (κ2) is 4.56. The average molecular weight is 242 g/mol. The summed E-state index contributed by atoms with van der Waals surface area (Å²) in [5, 5.41) is 5.33. The monoisotopic (exact) mass is 242 g/mol. The number of hydrogen-bond acceptors (Lipinski definition) is 4. The van der Waals surface area contributed by atoms with E-state index < -0.39 is 0 Å². The molecule has 0 atom stereocenters. The van der Waals surface area contributed by atoms with Gasteiger partial charge in [0, 0.05) is 18.1 Å². The van der Waals surface area contributed by atoms with Gasteiger partial charge in [0.2, 0.25) is 0 Å². The fourth-order valence-electron chi connectivity index (χ4n) is 2.02. The molecule has 0 saturated heterocycles. The van der Waals surface area contributed by atoms with Crippen LogP contribution in [0.4, 0.5) is 5.82 Å². The SMILES string of the molecule is C=CCNc1nccc2cc3c(cc12)OCCO3. The molecule has 4 heteroatoms. The van der Waals surface area contributed by atoms with E-state index in [0.29, 0.717) is 19.8 Å². The second-order valence-electron chi connectivity index (χ2n) is 4.05. The number of anilines is 1. The van der Waals surface area contributed by atoms with Gasteiger partial charge in [-0.1, -0.05) is 6.08 Å². The Kier molecular flexibility index (Phi) is 2.76. The van der Waals surface area contributed by atoms with Crippen LogP contribution in [0.15, 0.2) is 37.1 Å². The highest BCUT2D eigenvalue weighted by atomic mass is 16.6. The molecule has 1 aliphatic rings. The molecule has 3 rings (SSSR count). The Bertz CT molecular complexity index is 596. The van der Waals surface area contributed by atoms with E-state index >= 15 is 0 Å². The maximum absolute atomic E-state index is 5.59. The molecule has 0 fully saturated rings. The molecule has 2 heterocycles. The van der Waals surface area contributed by atoms with Crippen LogP contribution in [0.1, 0.15) is 0 Å². The zero-order chi connectivity index (χ0) is 12.4. The predicted octanol–water partition coefficient (Wildman–Crippen LogP) is 2.60. The lowest BCUT2D eigenvalue weighted by Crippen LogP contribution is -2.15.